The minimum Gasteiger partial charge on any atom is -0.300 e. The maximum Gasteiger partial charge on any atom is 0.133 e. The molecular formula is C11H14O. The second kappa shape index (κ2) is 2.21. The molecule has 4 atom stereocenters. The highest BCUT2D eigenvalue weighted by Gasteiger charge is 2.47. The Morgan fingerprint density at radius 2 is 2.17 bits per heavy atom. The lowest BCUT2D eigenvalue weighted by molar-refractivity contribution is -0.118. The number of carbonyl (C=O) groups is 1. The molecule has 3 aliphatic carbocycles. The third-order valence-electron chi connectivity index (χ3n) is 4.00. The van der Waals surface area contributed by atoms with Gasteiger partial charge in [0, 0.05) is 12.8 Å². The molecule has 4 unspecified atom stereocenters. The molecule has 3 rings (SSSR count). The molecule has 0 saturated heterocycles. The second-order valence-electron chi connectivity index (χ2n) is 4.61. The summed E-state index contributed by atoms with van der Waals surface area (Å²) in [5.74, 6) is 3.71. The third-order valence-corrected chi connectivity index (χ3v) is 4.00. The molecule has 0 N–H and O–H groups in total. The minimum absolute atomic E-state index is 0.517. The van der Waals surface area contributed by atoms with E-state index in [9.17, 15) is 4.79 Å². The van der Waals surface area contributed by atoms with E-state index < -0.39 is 0 Å². The van der Waals surface area contributed by atoms with Gasteiger partial charge in [-0.2, -0.15) is 0 Å². The number of hydrogen-bond acceptors (Lipinski definition) is 1. The Hall–Kier alpha value is -0.590. The molecule has 0 aromatic heterocycles. The van der Waals surface area contributed by atoms with Gasteiger partial charge >= 0.3 is 0 Å². The average molecular weight is 162 g/mol. The van der Waals surface area contributed by atoms with Gasteiger partial charge in [0.1, 0.15) is 5.78 Å². The van der Waals surface area contributed by atoms with E-state index in [2.05, 4.69) is 12.2 Å². The van der Waals surface area contributed by atoms with E-state index in [0.29, 0.717) is 5.78 Å². The van der Waals surface area contributed by atoms with Gasteiger partial charge in [0.05, 0.1) is 0 Å². The van der Waals surface area contributed by atoms with Gasteiger partial charge in [-0.3, -0.25) is 4.79 Å². The van der Waals surface area contributed by atoms with E-state index in [0.717, 1.165) is 36.5 Å². The molecule has 3 aliphatic rings. The molecule has 0 aliphatic heterocycles. The molecule has 2 saturated carbocycles. The third kappa shape index (κ3) is 0.769. The van der Waals surface area contributed by atoms with Crippen LogP contribution in [0.2, 0.25) is 0 Å². The number of allylic oxidation sites excluding steroid dienone is 2. The largest absolute Gasteiger partial charge is 0.300 e. The maximum atomic E-state index is 11.2. The van der Waals surface area contributed by atoms with Crippen LogP contribution in [0, 0.1) is 23.7 Å². The summed E-state index contributed by atoms with van der Waals surface area (Å²) in [7, 11) is 0. The van der Waals surface area contributed by atoms with Crippen molar-refractivity contribution < 1.29 is 4.79 Å². The van der Waals surface area contributed by atoms with Crippen LogP contribution < -0.4 is 0 Å². The van der Waals surface area contributed by atoms with Crippen molar-refractivity contribution in [2.75, 3.05) is 0 Å². The van der Waals surface area contributed by atoms with Crippen molar-refractivity contribution in [2.45, 2.75) is 25.7 Å². The topological polar surface area (TPSA) is 17.1 Å². The summed E-state index contributed by atoms with van der Waals surface area (Å²) in [5, 5.41) is 0. The van der Waals surface area contributed by atoms with Crippen LogP contribution in [0.4, 0.5) is 0 Å². The quantitative estimate of drug-likeness (QED) is 0.499. The summed E-state index contributed by atoms with van der Waals surface area (Å²) in [6.07, 6.45) is 9.07. The highest BCUT2D eigenvalue weighted by molar-refractivity contribution is 5.81. The van der Waals surface area contributed by atoms with Gasteiger partial charge in [-0.1, -0.05) is 12.2 Å². The Morgan fingerprint density at radius 1 is 1.25 bits per heavy atom. The van der Waals surface area contributed by atoms with Crippen molar-refractivity contribution in [2.24, 2.45) is 23.7 Å². The number of rotatable bonds is 0. The van der Waals surface area contributed by atoms with Gasteiger partial charge in [-0.15, -0.1) is 0 Å². The van der Waals surface area contributed by atoms with E-state index in [4.69, 9.17) is 0 Å². The monoisotopic (exact) mass is 162 g/mol. The van der Waals surface area contributed by atoms with Crippen molar-refractivity contribution in [3.63, 3.8) is 0 Å². The first-order valence-electron chi connectivity index (χ1n) is 5.03. The molecule has 0 heterocycles. The first-order chi connectivity index (χ1) is 5.84. The molecule has 0 bridgehead atoms. The molecule has 0 spiro atoms. The first-order valence-corrected chi connectivity index (χ1v) is 5.03. The Kier molecular flexibility index (Phi) is 1.27. The number of hydrogen-bond donors (Lipinski definition) is 0. The number of fused-ring (bicyclic) bond motifs is 3. The van der Waals surface area contributed by atoms with E-state index in [1.807, 2.05) is 0 Å². The van der Waals surface area contributed by atoms with E-state index >= 15 is 0 Å². The van der Waals surface area contributed by atoms with E-state index in [1.165, 1.54) is 12.8 Å². The molecule has 2 fully saturated rings. The molecule has 12 heavy (non-hydrogen) atoms. The van der Waals surface area contributed by atoms with Crippen LogP contribution in [-0.4, -0.2) is 5.78 Å². The molecule has 1 heteroatoms. The average Bonchev–Trinajstić information content (AvgIpc) is 2.59. The molecule has 0 aromatic rings. The fourth-order valence-electron chi connectivity index (χ4n) is 3.52. The van der Waals surface area contributed by atoms with Crippen molar-refractivity contribution in [3.05, 3.63) is 12.2 Å². The predicted molar refractivity (Wildman–Crippen MR) is 46.6 cm³/mol. The zero-order valence-corrected chi connectivity index (χ0v) is 7.20. The number of carbonyl (C=O) groups excluding carboxylic acids is 1. The van der Waals surface area contributed by atoms with E-state index in [1.54, 1.807) is 0 Å². The Bertz CT molecular complexity index is 254. The molecular weight excluding hydrogens is 148 g/mol. The van der Waals surface area contributed by atoms with Crippen LogP contribution >= 0.6 is 0 Å². The molecule has 0 aromatic carbocycles. The van der Waals surface area contributed by atoms with Gasteiger partial charge < -0.3 is 0 Å². The van der Waals surface area contributed by atoms with Crippen molar-refractivity contribution in [3.8, 4) is 0 Å². The van der Waals surface area contributed by atoms with Crippen LogP contribution in [-0.2, 0) is 4.79 Å². The molecule has 0 radical (unpaired) electrons. The maximum absolute atomic E-state index is 11.2. The second-order valence-corrected chi connectivity index (χ2v) is 4.61. The summed E-state index contributed by atoms with van der Waals surface area (Å²) < 4.78 is 0. The normalized spacial score (nSPS) is 49.8. The summed E-state index contributed by atoms with van der Waals surface area (Å²) in [5.41, 5.74) is 0. The standard InChI is InChI=1S/C11H14O/c12-9-5-8-4-7-2-1-3-10(7)11(8)6-9/h1,3,7-8,10-11H,2,4-6H2. The summed E-state index contributed by atoms with van der Waals surface area (Å²) in [6, 6.07) is 0. The SMILES string of the molecule is O=C1CC2CC3CC=CC3C2C1. The van der Waals surface area contributed by atoms with Gasteiger partial charge in [0.2, 0.25) is 0 Å². The lowest BCUT2D eigenvalue weighted by atomic mass is 9.90. The lowest BCUT2D eigenvalue weighted by Gasteiger charge is -2.13. The minimum atomic E-state index is 0.517. The predicted octanol–water partition coefficient (Wildman–Crippen LogP) is 2.18. The zero-order valence-electron chi connectivity index (χ0n) is 7.20. The first kappa shape index (κ1) is 6.88. The summed E-state index contributed by atoms with van der Waals surface area (Å²) >= 11 is 0. The van der Waals surface area contributed by atoms with Crippen molar-refractivity contribution in [1.29, 1.82) is 0 Å². The van der Waals surface area contributed by atoms with E-state index in [-0.39, 0.29) is 0 Å². The van der Waals surface area contributed by atoms with Crippen LogP contribution in [0.5, 0.6) is 0 Å². The van der Waals surface area contributed by atoms with Crippen LogP contribution in [0.1, 0.15) is 25.7 Å². The summed E-state index contributed by atoms with van der Waals surface area (Å²) in [6.45, 7) is 0. The fraction of sp³-hybridized carbons (Fsp3) is 0.727. The van der Waals surface area contributed by atoms with Gasteiger partial charge in [0.15, 0.2) is 0 Å². The molecule has 0 amide bonds. The number of ketones is 1. The number of Topliss-reactive ketones (excluding diaryl/α,β-unsaturated/α-hetero) is 1. The zero-order chi connectivity index (χ0) is 8.13. The van der Waals surface area contributed by atoms with Gasteiger partial charge in [-0.05, 0) is 36.5 Å². The Labute approximate surface area is 72.8 Å². The van der Waals surface area contributed by atoms with Gasteiger partial charge in [-0.25, -0.2) is 0 Å². The highest BCUT2D eigenvalue weighted by atomic mass is 16.1. The molecule has 64 valence electrons. The highest BCUT2D eigenvalue weighted by Crippen LogP contribution is 2.53. The molecule has 1 nitrogen and oxygen atoms in total. The smallest absolute Gasteiger partial charge is 0.133 e. The Morgan fingerprint density at radius 3 is 3.08 bits per heavy atom. The van der Waals surface area contributed by atoms with Crippen LogP contribution in [0.3, 0.4) is 0 Å². The van der Waals surface area contributed by atoms with Crippen molar-refractivity contribution in [1.82, 2.24) is 0 Å². The van der Waals surface area contributed by atoms with Crippen LogP contribution in [0.25, 0.3) is 0 Å². The van der Waals surface area contributed by atoms with Gasteiger partial charge in [0.25, 0.3) is 0 Å². The fourth-order valence-corrected chi connectivity index (χ4v) is 3.52. The van der Waals surface area contributed by atoms with Crippen LogP contribution in [0.15, 0.2) is 12.2 Å². The lowest BCUT2D eigenvalue weighted by Crippen LogP contribution is -2.09. The Balaban J connectivity index is 1.88. The van der Waals surface area contributed by atoms with Crippen molar-refractivity contribution >= 4 is 5.78 Å². The summed E-state index contributed by atoms with van der Waals surface area (Å²) in [4.78, 5) is 11.2.